The van der Waals surface area contributed by atoms with Crippen LogP contribution in [0.2, 0.25) is 0 Å². The monoisotopic (exact) mass is 452 g/mol. The molecule has 0 saturated heterocycles. The number of amides is 2. The van der Waals surface area contributed by atoms with Crippen LogP contribution in [0.25, 0.3) is 0 Å². The summed E-state index contributed by atoms with van der Waals surface area (Å²) in [6, 6.07) is 15.0. The zero-order chi connectivity index (χ0) is 23.8. The number of benzene rings is 2. The molecule has 0 aliphatic rings. The normalized spacial score (nSPS) is 10.5. The number of aryl methyl sites for hydroxylation is 1. The quantitative estimate of drug-likeness (QED) is 0.485. The van der Waals surface area contributed by atoms with Gasteiger partial charge >= 0.3 is 5.97 Å². The molecule has 2 N–H and O–H groups in total. The number of nitrogens with zero attached hydrogens (tertiary/aromatic N) is 2. The molecule has 0 spiro atoms. The zero-order valence-electron chi connectivity index (χ0n) is 18.4. The molecule has 0 atom stereocenters. The van der Waals surface area contributed by atoms with E-state index in [2.05, 4.69) is 15.7 Å². The van der Waals surface area contributed by atoms with Crippen molar-refractivity contribution in [2.24, 2.45) is 0 Å². The van der Waals surface area contributed by atoms with Gasteiger partial charge in [0.15, 0.2) is 6.61 Å². The Hall–Kier alpha value is -4.01. The Morgan fingerprint density at radius 3 is 2.52 bits per heavy atom. The summed E-state index contributed by atoms with van der Waals surface area (Å²) in [5, 5.41) is 9.58. The summed E-state index contributed by atoms with van der Waals surface area (Å²) in [5.41, 5.74) is 3.84. The summed E-state index contributed by atoms with van der Waals surface area (Å²) in [6.45, 7) is 3.76. The van der Waals surface area contributed by atoms with Crippen LogP contribution in [-0.2, 0) is 27.4 Å². The minimum atomic E-state index is -0.780. The molecule has 33 heavy (non-hydrogen) atoms. The molecular formula is C24H25FN4O4. The van der Waals surface area contributed by atoms with Crippen LogP contribution in [-0.4, -0.2) is 40.7 Å². The summed E-state index contributed by atoms with van der Waals surface area (Å²) in [7, 11) is 0. The number of nitrogens with one attached hydrogen (secondary N) is 2. The van der Waals surface area contributed by atoms with Crippen molar-refractivity contribution in [3.63, 3.8) is 0 Å². The predicted octanol–water partition coefficient (Wildman–Crippen LogP) is 2.28. The van der Waals surface area contributed by atoms with Gasteiger partial charge in [-0.15, -0.1) is 0 Å². The number of halogens is 1. The molecule has 0 fully saturated rings. The van der Waals surface area contributed by atoms with Gasteiger partial charge in [-0.1, -0.05) is 36.4 Å². The lowest BCUT2D eigenvalue weighted by molar-refractivity contribution is -0.147. The molecule has 0 aliphatic heterocycles. The molecular weight excluding hydrogens is 427 g/mol. The SMILES string of the molecule is Cc1nn(Cc2ccccc2)c(C)c1CNC(=O)COC(=O)CNC(=O)c1cccc(F)c1. The number of carbonyl (C=O) groups is 3. The smallest absolute Gasteiger partial charge is 0.325 e. The fourth-order valence-electron chi connectivity index (χ4n) is 3.22. The van der Waals surface area contributed by atoms with Crippen molar-refractivity contribution in [2.75, 3.05) is 13.2 Å². The predicted molar refractivity (Wildman–Crippen MR) is 119 cm³/mol. The van der Waals surface area contributed by atoms with Crippen molar-refractivity contribution in [3.05, 3.63) is 88.5 Å². The van der Waals surface area contributed by atoms with E-state index in [9.17, 15) is 18.8 Å². The Morgan fingerprint density at radius 1 is 1.03 bits per heavy atom. The number of ether oxygens (including phenoxy) is 1. The van der Waals surface area contributed by atoms with Gasteiger partial charge in [-0.05, 0) is 37.6 Å². The van der Waals surface area contributed by atoms with Crippen molar-refractivity contribution >= 4 is 17.8 Å². The van der Waals surface area contributed by atoms with Gasteiger partial charge in [-0.25, -0.2) is 4.39 Å². The van der Waals surface area contributed by atoms with Gasteiger partial charge in [0.25, 0.3) is 11.8 Å². The third-order valence-corrected chi connectivity index (χ3v) is 5.01. The topological polar surface area (TPSA) is 102 Å². The Labute approximate surface area is 190 Å². The molecule has 1 heterocycles. The molecule has 0 saturated carbocycles. The largest absolute Gasteiger partial charge is 0.454 e. The Balaban J connectivity index is 1.43. The van der Waals surface area contributed by atoms with Crippen LogP contribution in [0, 0.1) is 19.7 Å². The Kier molecular flexibility index (Phi) is 7.91. The molecule has 0 unspecified atom stereocenters. The Morgan fingerprint density at radius 2 is 1.79 bits per heavy atom. The van der Waals surface area contributed by atoms with Crippen molar-refractivity contribution in [3.8, 4) is 0 Å². The highest BCUT2D eigenvalue weighted by atomic mass is 19.1. The first-order chi connectivity index (χ1) is 15.8. The molecule has 2 amide bonds. The lowest BCUT2D eigenvalue weighted by Crippen LogP contribution is -2.34. The summed E-state index contributed by atoms with van der Waals surface area (Å²) < 4.78 is 19.9. The summed E-state index contributed by atoms with van der Waals surface area (Å²) in [5.74, 6) is -2.43. The average Bonchev–Trinajstić information content (AvgIpc) is 3.07. The van der Waals surface area contributed by atoms with E-state index in [0.717, 1.165) is 28.6 Å². The number of hydrogen-bond acceptors (Lipinski definition) is 5. The molecule has 0 radical (unpaired) electrons. The van der Waals surface area contributed by atoms with Crippen molar-refractivity contribution in [1.29, 1.82) is 0 Å². The number of aromatic nitrogens is 2. The number of esters is 1. The van der Waals surface area contributed by atoms with Crippen LogP contribution in [0.3, 0.4) is 0 Å². The van der Waals surface area contributed by atoms with Crippen molar-refractivity contribution < 1.29 is 23.5 Å². The Bertz CT molecular complexity index is 1140. The van der Waals surface area contributed by atoms with E-state index in [4.69, 9.17) is 4.74 Å². The van der Waals surface area contributed by atoms with Gasteiger partial charge in [-0.2, -0.15) is 5.10 Å². The molecule has 1 aromatic heterocycles. The van der Waals surface area contributed by atoms with Crippen LogP contribution in [0.1, 0.15) is 32.9 Å². The zero-order valence-corrected chi connectivity index (χ0v) is 18.4. The van der Waals surface area contributed by atoms with Gasteiger partial charge in [0.1, 0.15) is 12.4 Å². The molecule has 2 aromatic carbocycles. The molecule has 8 nitrogen and oxygen atoms in total. The fourth-order valence-corrected chi connectivity index (χ4v) is 3.22. The lowest BCUT2D eigenvalue weighted by atomic mass is 10.2. The van der Waals surface area contributed by atoms with E-state index in [-0.39, 0.29) is 12.1 Å². The molecule has 3 rings (SSSR count). The highest BCUT2D eigenvalue weighted by Crippen LogP contribution is 2.14. The van der Waals surface area contributed by atoms with Gasteiger partial charge in [0.05, 0.1) is 12.2 Å². The van der Waals surface area contributed by atoms with E-state index in [1.165, 1.54) is 18.2 Å². The van der Waals surface area contributed by atoms with Crippen LogP contribution >= 0.6 is 0 Å². The van der Waals surface area contributed by atoms with Crippen LogP contribution < -0.4 is 10.6 Å². The number of rotatable bonds is 9. The van der Waals surface area contributed by atoms with E-state index in [1.54, 1.807) is 0 Å². The maximum Gasteiger partial charge on any atom is 0.325 e. The highest BCUT2D eigenvalue weighted by Gasteiger charge is 2.14. The first kappa shape index (κ1) is 23.6. The van der Waals surface area contributed by atoms with Crippen LogP contribution in [0.5, 0.6) is 0 Å². The third-order valence-electron chi connectivity index (χ3n) is 5.01. The van der Waals surface area contributed by atoms with Gasteiger partial charge in [-0.3, -0.25) is 19.1 Å². The van der Waals surface area contributed by atoms with Crippen LogP contribution in [0.15, 0.2) is 54.6 Å². The maximum atomic E-state index is 13.2. The minimum absolute atomic E-state index is 0.0825. The molecule has 3 aromatic rings. The van der Waals surface area contributed by atoms with Gasteiger partial charge in [0, 0.05) is 23.4 Å². The minimum Gasteiger partial charge on any atom is -0.454 e. The van der Waals surface area contributed by atoms with Crippen molar-refractivity contribution in [1.82, 2.24) is 20.4 Å². The van der Waals surface area contributed by atoms with Gasteiger partial charge in [0.2, 0.25) is 0 Å². The second-order valence-electron chi connectivity index (χ2n) is 7.42. The molecule has 172 valence electrons. The van der Waals surface area contributed by atoms with E-state index in [0.29, 0.717) is 6.54 Å². The second kappa shape index (κ2) is 11.0. The van der Waals surface area contributed by atoms with Gasteiger partial charge < -0.3 is 15.4 Å². The first-order valence-corrected chi connectivity index (χ1v) is 10.4. The van der Waals surface area contributed by atoms with E-state index < -0.39 is 36.8 Å². The number of hydrogen-bond donors (Lipinski definition) is 2. The lowest BCUT2D eigenvalue weighted by Gasteiger charge is -2.09. The molecule has 0 aliphatic carbocycles. The maximum absolute atomic E-state index is 13.2. The molecule has 0 bridgehead atoms. The van der Waals surface area contributed by atoms with E-state index >= 15 is 0 Å². The van der Waals surface area contributed by atoms with Crippen molar-refractivity contribution in [2.45, 2.75) is 26.9 Å². The first-order valence-electron chi connectivity index (χ1n) is 10.4. The summed E-state index contributed by atoms with van der Waals surface area (Å²) in [6.07, 6.45) is 0. The summed E-state index contributed by atoms with van der Waals surface area (Å²) >= 11 is 0. The average molecular weight is 452 g/mol. The number of carbonyl (C=O) groups excluding carboxylic acids is 3. The van der Waals surface area contributed by atoms with E-state index in [1.807, 2.05) is 48.9 Å². The highest BCUT2D eigenvalue weighted by molar-refractivity contribution is 5.96. The second-order valence-corrected chi connectivity index (χ2v) is 7.42. The standard InChI is InChI=1S/C24H25FN4O4/c1-16-21(17(2)29(28-16)14-18-7-4-3-5-8-18)12-26-22(30)15-33-23(31)13-27-24(32)19-9-6-10-20(25)11-19/h3-11H,12-15H2,1-2H3,(H,26,30)(H,27,32). The third kappa shape index (κ3) is 6.73. The fraction of sp³-hybridized carbons (Fsp3) is 0.250. The molecule has 9 heteroatoms. The summed E-state index contributed by atoms with van der Waals surface area (Å²) in [4.78, 5) is 35.8. The van der Waals surface area contributed by atoms with Crippen LogP contribution in [0.4, 0.5) is 4.39 Å².